The lowest BCUT2D eigenvalue weighted by Gasteiger charge is -2.24. The maximum Gasteiger partial charge on any atom is 0.490 e. The molecule has 0 aliphatic carbocycles. The second-order valence-electron chi connectivity index (χ2n) is 10.1. The largest absolute Gasteiger partial charge is 0.490 e. The van der Waals surface area contributed by atoms with Crippen LogP contribution in [0.1, 0.15) is 25.3 Å². The van der Waals surface area contributed by atoms with Crippen molar-refractivity contribution in [2.45, 2.75) is 39.0 Å². The van der Waals surface area contributed by atoms with Crippen LogP contribution in [0.4, 0.5) is 33.6 Å². The number of fused-ring (bicyclic) bond motifs is 1. The van der Waals surface area contributed by atoms with E-state index in [4.69, 9.17) is 43.1 Å². The number of imidazole rings is 1. The molecule has 2 aromatic heterocycles. The highest BCUT2D eigenvalue weighted by Crippen LogP contribution is 2.38. The maximum absolute atomic E-state index is 13.6. The molecule has 240 valence electrons. The zero-order valence-corrected chi connectivity index (χ0v) is 25.0. The predicted octanol–water partition coefficient (Wildman–Crippen LogP) is 6.28. The summed E-state index contributed by atoms with van der Waals surface area (Å²) >= 11 is 13.3. The fourth-order valence-corrected chi connectivity index (χ4v) is 5.25. The summed E-state index contributed by atoms with van der Waals surface area (Å²) in [5, 5.41) is 17.0. The van der Waals surface area contributed by atoms with Crippen molar-refractivity contribution in [3.8, 4) is 11.4 Å². The van der Waals surface area contributed by atoms with Crippen LogP contribution in [-0.4, -0.2) is 55.8 Å². The number of rotatable bonds is 7. The van der Waals surface area contributed by atoms with Gasteiger partial charge < -0.3 is 25.6 Å². The van der Waals surface area contributed by atoms with Crippen LogP contribution in [-0.2, 0) is 22.7 Å². The first-order chi connectivity index (χ1) is 21.2. The van der Waals surface area contributed by atoms with Gasteiger partial charge in [0.1, 0.15) is 11.3 Å². The van der Waals surface area contributed by atoms with E-state index in [9.17, 15) is 26.7 Å². The lowest BCUT2D eigenvalue weighted by molar-refractivity contribution is -0.192. The fourth-order valence-electron chi connectivity index (χ4n) is 4.60. The summed E-state index contributed by atoms with van der Waals surface area (Å²) in [5.41, 5.74) is 2.71. The van der Waals surface area contributed by atoms with Gasteiger partial charge in [-0.05, 0) is 61.7 Å². The first-order valence-corrected chi connectivity index (χ1v) is 14.2. The number of hydrogen-bond acceptors (Lipinski definition) is 7. The molecule has 10 nitrogen and oxygen atoms in total. The zero-order chi connectivity index (χ0) is 32.9. The van der Waals surface area contributed by atoms with E-state index >= 15 is 0 Å². The van der Waals surface area contributed by atoms with Gasteiger partial charge in [0.05, 0.1) is 21.8 Å². The number of amides is 1. The van der Waals surface area contributed by atoms with E-state index in [1.165, 1.54) is 13.0 Å². The zero-order valence-electron chi connectivity index (χ0n) is 23.5. The summed E-state index contributed by atoms with van der Waals surface area (Å²) < 4.78 is 60.6. The average Bonchev–Trinajstić information content (AvgIpc) is 3.30. The number of nitrogens with zero attached hydrogens (tertiary/aromatic N) is 4. The monoisotopic (exact) mass is 673 g/mol. The molecule has 1 unspecified atom stereocenters. The highest BCUT2D eigenvalue weighted by molar-refractivity contribution is 6.39. The van der Waals surface area contributed by atoms with Gasteiger partial charge in [-0.1, -0.05) is 29.3 Å². The van der Waals surface area contributed by atoms with Gasteiger partial charge in [0.25, 0.3) is 0 Å². The van der Waals surface area contributed by atoms with Crippen molar-refractivity contribution in [2.24, 2.45) is 5.92 Å². The number of hydrogen-bond donors (Lipinski definition) is 4. The van der Waals surface area contributed by atoms with Crippen molar-refractivity contribution < 1.29 is 36.6 Å². The Morgan fingerprint density at radius 2 is 1.80 bits per heavy atom. The Bertz CT molecular complexity index is 1690. The second kappa shape index (κ2) is 14.3. The third kappa shape index (κ3) is 8.77. The number of benzene rings is 2. The molecular formula is C28H26Cl2F5N7O3. The minimum Gasteiger partial charge on any atom is -0.475 e. The molecule has 1 saturated heterocycles. The molecule has 3 heterocycles. The molecule has 0 saturated carbocycles. The van der Waals surface area contributed by atoms with Crippen LogP contribution in [0, 0.1) is 17.6 Å². The van der Waals surface area contributed by atoms with Crippen molar-refractivity contribution in [3.05, 3.63) is 63.8 Å². The van der Waals surface area contributed by atoms with Gasteiger partial charge in [0.2, 0.25) is 11.9 Å². The van der Waals surface area contributed by atoms with Crippen LogP contribution in [0.3, 0.4) is 0 Å². The smallest absolute Gasteiger partial charge is 0.475 e. The molecule has 45 heavy (non-hydrogen) atoms. The molecule has 4 N–H and O–H groups in total. The first-order valence-electron chi connectivity index (χ1n) is 13.4. The van der Waals surface area contributed by atoms with Gasteiger partial charge in [-0.15, -0.1) is 0 Å². The average molecular weight is 674 g/mol. The Kier molecular flexibility index (Phi) is 10.8. The second-order valence-corrected chi connectivity index (χ2v) is 10.9. The molecule has 17 heteroatoms. The number of anilines is 2. The summed E-state index contributed by atoms with van der Waals surface area (Å²) in [6, 6.07) is 6.98. The number of aromatic nitrogens is 4. The van der Waals surface area contributed by atoms with Gasteiger partial charge in [-0.3, -0.25) is 4.79 Å². The topological polar surface area (TPSA) is 134 Å². The number of alkyl halides is 3. The summed E-state index contributed by atoms with van der Waals surface area (Å²) in [4.78, 5) is 34.3. The predicted molar refractivity (Wildman–Crippen MR) is 158 cm³/mol. The van der Waals surface area contributed by atoms with Crippen molar-refractivity contribution in [1.82, 2.24) is 24.8 Å². The summed E-state index contributed by atoms with van der Waals surface area (Å²) in [6.45, 7) is 4.08. The van der Waals surface area contributed by atoms with E-state index in [2.05, 4.69) is 20.9 Å². The Balaban J connectivity index is 0.000000591. The van der Waals surface area contributed by atoms with Gasteiger partial charge in [-0.25, -0.2) is 23.5 Å². The summed E-state index contributed by atoms with van der Waals surface area (Å²) in [5.74, 6) is -3.61. The lowest BCUT2D eigenvalue weighted by atomic mass is 9.99. The van der Waals surface area contributed by atoms with Gasteiger partial charge in [0, 0.05) is 25.7 Å². The summed E-state index contributed by atoms with van der Waals surface area (Å²) in [7, 11) is 0. The number of carbonyl (C=O) groups excluding carboxylic acids is 1. The van der Waals surface area contributed by atoms with Gasteiger partial charge in [0.15, 0.2) is 17.3 Å². The minimum absolute atomic E-state index is 0.207. The quantitative estimate of drug-likeness (QED) is 0.168. The van der Waals surface area contributed by atoms with Crippen LogP contribution in [0.5, 0.6) is 0 Å². The van der Waals surface area contributed by atoms with Gasteiger partial charge >= 0.3 is 12.1 Å². The normalized spacial score (nSPS) is 14.9. The van der Waals surface area contributed by atoms with Crippen molar-refractivity contribution >= 4 is 57.9 Å². The van der Waals surface area contributed by atoms with E-state index < -0.39 is 23.8 Å². The molecule has 4 aromatic rings. The van der Waals surface area contributed by atoms with E-state index in [1.807, 2.05) is 4.57 Å². The molecular weight excluding hydrogens is 648 g/mol. The molecule has 0 radical (unpaired) electrons. The molecule has 1 aliphatic rings. The minimum atomic E-state index is -5.08. The Morgan fingerprint density at radius 1 is 1.11 bits per heavy atom. The van der Waals surface area contributed by atoms with Crippen molar-refractivity contribution in [3.63, 3.8) is 0 Å². The third-order valence-corrected chi connectivity index (χ3v) is 7.19. The lowest BCUT2D eigenvalue weighted by Crippen LogP contribution is -2.32. The number of aliphatic carboxylic acids is 1. The summed E-state index contributed by atoms with van der Waals surface area (Å²) in [6.07, 6.45) is -1.38. The molecule has 0 spiro atoms. The number of carboxylic acids is 1. The molecule has 1 amide bonds. The van der Waals surface area contributed by atoms with Crippen LogP contribution in [0.15, 0.2) is 36.5 Å². The molecule has 5 rings (SSSR count). The van der Waals surface area contributed by atoms with E-state index in [1.54, 1.807) is 18.3 Å². The molecule has 0 bridgehead atoms. The van der Waals surface area contributed by atoms with E-state index in [0.717, 1.165) is 38.1 Å². The highest BCUT2D eigenvalue weighted by Gasteiger charge is 2.38. The molecule has 1 fully saturated rings. The van der Waals surface area contributed by atoms with Gasteiger partial charge in [-0.2, -0.15) is 18.2 Å². The van der Waals surface area contributed by atoms with Crippen LogP contribution < -0.4 is 16.0 Å². The van der Waals surface area contributed by atoms with E-state index in [-0.39, 0.29) is 12.5 Å². The Hall–Kier alpha value is -4.08. The SMILES string of the molecule is CC(=O)Nc1cc(Cl)c(-c2nc3cnc(NCc4ccc(F)c(F)c4)nc3n2CC2CCCNC2)c(Cl)c1.O=C(O)C(F)(F)F. The Labute approximate surface area is 263 Å². The fraction of sp³-hybridized carbons (Fsp3) is 0.321. The maximum atomic E-state index is 13.6. The van der Waals surface area contributed by atoms with Crippen LogP contribution >= 0.6 is 23.2 Å². The molecule has 1 atom stereocenters. The molecule has 2 aromatic carbocycles. The number of halogens is 7. The first kappa shape index (κ1) is 33.8. The van der Waals surface area contributed by atoms with Crippen LogP contribution in [0.2, 0.25) is 10.0 Å². The van der Waals surface area contributed by atoms with Crippen molar-refractivity contribution in [1.29, 1.82) is 0 Å². The van der Waals surface area contributed by atoms with E-state index in [0.29, 0.717) is 62.3 Å². The third-order valence-electron chi connectivity index (χ3n) is 6.59. The highest BCUT2D eigenvalue weighted by atomic mass is 35.5. The number of piperidine rings is 1. The van der Waals surface area contributed by atoms with Crippen molar-refractivity contribution in [2.75, 3.05) is 23.7 Å². The Morgan fingerprint density at radius 3 is 2.38 bits per heavy atom. The standard InChI is InChI=1S/C26H25Cl2F2N7O.C2HF3O2/c1-14(38)34-17-8-18(27)23(19(28)9-17)25-35-22-12-33-26(32-11-15-4-5-20(29)21(30)7-15)36-24(22)37(25)13-16-3-2-6-31-10-16;3-2(4,5)1(6)7/h4-5,7-9,12,16,31H,2-3,6,10-11,13H2,1H3,(H,34,38)(H,32,33,36);(H,6,7). The molecule has 1 aliphatic heterocycles. The number of carboxylic acid groups (broad SMARTS) is 1. The number of nitrogens with one attached hydrogen (secondary N) is 3. The van der Waals surface area contributed by atoms with Crippen LogP contribution in [0.25, 0.3) is 22.6 Å². The number of carbonyl (C=O) groups is 2.